The molecule has 14 heavy (non-hydrogen) atoms. The summed E-state index contributed by atoms with van der Waals surface area (Å²) in [5.41, 5.74) is 1.28. The number of carbonyl (C=O) groups is 1. The van der Waals surface area contributed by atoms with Gasteiger partial charge in [0.05, 0.1) is 11.4 Å². The molecule has 3 nitrogen and oxygen atoms in total. The highest BCUT2D eigenvalue weighted by atomic mass is 35.5. The molecule has 0 saturated carbocycles. The number of phenolic OH excluding ortho intramolecular Hbond substituents is 1. The molecule has 0 aliphatic rings. The van der Waals surface area contributed by atoms with Gasteiger partial charge in [0.25, 0.3) is 0 Å². The monoisotopic (exact) mass is 214 g/mol. The SMILES string of the molecule is CCc1cc(Cl)c(O)c(CC(=O)O)c1. The zero-order valence-electron chi connectivity index (χ0n) is 7.75. The maximum absolute atomic E-state index is 10.5. The van der Waals surface area contributed by atoms with Crippen LogP contribution in [0.1, 0.15) is 18.1 Å². The molecule has 0 aromatic heterocycles. The number of aryl methyl sites for hydroxylation is 1. The van der Waals surface area contributed by atoms with Gasteiger partial charge in [-0.2, -0.15) is 0 Å². The first-order valence-electron chi connectivity index (χ1n) is 4.26. The van der Waals surface area contributed by atoms with Crippen molar-refractivity contribution in [1.82, 2.24) is 0 Å². The highest BCUT2D eigenvalue weighted by molar-refractivity contribution is 6.32. The van der Waals surface area contributed by atoms with Crippen LogP contribution in [0.15, 0.2) is 12.1 Å². The summed E-state index contributed by atoms with van der Waals surface area (Å²) in [6, 6.07) is 3.30. The average Bonchev–Trinajstić information content (AvgIpc) is 2.11. The van der Waals surface area contributed by atoms with Gasteiger partial charge < -0.3 is 10.2 Å². The van der Waals surface area contributed by atoms with Crippen molar-refractivity contribution in [2.24, 2.45) is 0 Å². The molecule has 0 aliphatic heterocycles. The third kappa shape index (κ3) is 2.39. The number of rotatable bonds is 3. The van der Waals surface area contributed by atoms with Crippen LogP contribution in [0.3, 0.4) is 0 Å². The molecule has 2 N–H and O–H groups in total. The lowest BCUT2D eigenvalue weighted by molar-refractivity contribution is -0.136. The highest BCUT2D eigenvalue weighted by Crippen LogP contribution is 2.29. The Hall–Kier alpha value is -1.22. The number of hydrogen-bond donors (Lipinski definition) is 2. The van der Waals surface area contributed by atoms with E-state index in [4.69, 9.17) is 16.7 Å². The Morgan fingerprint density at radius 2 is 2.14 bits per heavy atom. The van der Waals surface area contributed by atoms with Crippen LogP contribution in [0, 0.1) is 0 Å². The molecule has 1 aromatic rings. The molecular weight excluding hydrogens is 204 g/mol. The zero-order chi connectivity index (χ0) is 10.7. The fourth-order valence-electron chi connectivity index (χ4n) is 1.22. The van der Waals surface area contributed by atoms with E-state index in [-0.39, 0.29) is 17.2 Å². The van der Waals surface area contributed by atoms with E-state index in [2.05, 4.69) is 0 Å². The molecule has 0 bridgehead atoms. The van der Waals surface area contributed by atoms with Gasteiger partial charge in [-0.15, -0.1) is 0 Å². The van der Waals surface area contributed by atoms with Gasteiger partial charge in [-0.25, -0.2) is 0 Å². The van der Waals surface area contributed by atoms with Crippen LogP contribution in [-0.4, -0.2) is 16.2 Å². The normalized spacial score (nSPS) is 10.1. The quantitative estimate of drug-likeness (QED) is 0.811. The van der Waals surface area contributed by atoms with E-state index >= 15 is 0 Å². The summed E-state index contributed by atoms with van der Waals surface area (Å²) in [6.07, 6.45) is 0.548. The Bertz CT molecular complexity index is 361. The fourth-order valence-corrected chi connectivity index (χ4v) is 1.48. The first-order chi connectivity index (χ1) is 6.54. The zero-order valence-corrected chi connectivity index (χ0v) is 8.51. The molecule has 0 atom stereocenters. The second kappa shape index (κ2) is 4.33. The third-order valence-electron chi connectivity index (χ3n) is 1.95. The summed E-state index contributed by atoms with van der Waals surface area (Å²) in [7, 11) is 0. The van der Waals surface area contributed by atoms with Crippen LogP contribution in [0.25, 0.3) is 0 Å². The number of carboxylic acids is 1. The molecule has 0 saturated heterocycles. The van der Waals surface area contributed by atoms with E-state index in [1.54, 1.807) is 12.1 Å². The summed E-state index contributed by atoms with van der Waals surface area (Å²) in [5, 5.41) is 18.3. The van der Waals surface area contributed by atoms with Crippen molar-refractivity contribution in [3.8, 4) is 5.75 Å². The van der Waals surface area contributed by atoms with Gasteiger partial charge in [-0.05, 0) is 18.1 Å². The summed E-state index contributed by atoms with van der Waals surface area (Å²) in [5.74, 6) is -1.11. The van der Waals surface area contributed by atoms with Crippen molar-refractivity contribution < 1.29 is 15.0 Å². The largest absolute Gasteiger partial charge is 0.506 e. The van der Waals surface area contributed by atoms with E-state index < -0.39 is 5.97 Å². The minimum atomic E-state index is -0.982. The van der Waals surface area contributed by atoms with Gasteiger partial charge in [0.2, 0.25) is 0 Å². The lowest BCUT2D eigenvalue weighted by atomic mass is 10.1. The van der Waals surface area contributed by atoms with Crippen LogP contribution in [0.5, 0.6) is 5.75 Å². The Labute approximate surface area is 86.9 Å². The third-order valence-corrected chi connectivity index (χ3v) is 2.24. The Morgan fingerprint density at radius 3 is 2.64 bits per heavy atom. The maximum atomic E-state index is 10.5. The average molecular weight is 215 g/mol. The minimum Gasteiger partial charge on any atom is -0.506 e. The number of aliphatic carboxylic acids is 1. The fraction of sp³-hybridized carbons (Fsp3) is 0.300. The molecule has 0 unspecified atom stereocenters. The van der Waals surface area contributed by atoms with E-state index in [0.29, 0.717) is 5.56 Å². The van der Waals surface area contributed by atoms with Gasteiger partial charge in [-0.3, -0.25) is 4.79 Å². The van der Waals surface area contributed by atoms with E-state index in [1.165, 1.54) is 0 Å². The molecule has 1 rings (SSSR count). The molecule has 0 aliphatic carbocycles. The van der Waals surface area contributed by atoms with Gasteiger partial charge >= 0.3 is 5.97 Å². The molecule has 4 heteroatoms. The minimum absolute atomic E-state index is 0.133. The van der Waals surface area contributed by atoms with Gasteiger partial charge in [0.15, 0.2) is 0 Å². The summed E-state index contributed by atoms with van der Waals surface area (Å²) >= 11 is 5.74. The van der Waals surface area contributed by atoms with E-state index in [1.807, 2.05) is 6.92 Å². The van der Waals surface area contributed by atoms with Crippen molar-refractivity contribution in [2.75, 3.05) is 0 Å². The van der Waals surface area contributed by atoms with Crippen molar-refractivity contribution in [3.63, 3.8) is 0 Å². The summed E-state index contributed by atoms with van der Waals surface area (Å²) in [4.78, 5) is 10.5. The van der Waals surface area contributed by atoms with Crippen molar-refractivity contribution >= 4 is 17.6 Å². The van der Waals surface area contributed by atoms with E-state index in [9.17, 15) is 9.90 Å². The van der Waals surface area contributed by atoms with Crippen LogP contribution >= 0.6 is 11.6 Å². The number of phenols is 1. The lowest BCUT2D eigenvalue weighted by Gasteiger charge is -2.06. The van der Waals surface area contributed by atoms with Crippen molar-refractivity contribution in [1.29, 1.82) is 0 Å². The molecule has 0 spiro atoms. The Kier molecular flexibility index (Phi) is 3.36. The predicted octanol–water partition coefficient (Wildman–Crippen LogP) is 2.24. The highest BCUT2D eigenvalue weighted by Gasteiger charge is 2.10. The summed E-state index contributed by atoms with van der Waals surface area (Å²) in [6.45, 7) is 1.94. The number of halogens is 1. The smallest absolute Gasteiger partial charge is 0.307 e. The van der Waals surface area contributed by atoms with Crippen molar-refractivity contribution in [3.05, 3.63) is 28.3 Å². The number of aromatic hydroxyl groups is 1. The van der Waals surface area contributed by atoms with Crippen molar-refractivity contribution in [2.45, 2.75) is 19.8 Å². The van der Waals surface area contributed by atoms with Gasteiger partial charge in [0, 0.05) is 5.56 Å². The molecule has 0 heterocycles. The number of benzene rings is 1. The van der Waals surface area contributed by atoms with Crippen LogP contribution < -0.4 is 0 Å². The standard InChI is InChI=1S/C10H11ClO3/c1-2-6-3-7(5-9(12)13)10(14)8(11)4-6/h3-4,14H,2,5H2,1H3,(H,12,13). The summed E-state index contributed by atoms with van der Waals surface area (Å²) < 4.78 is 0. The molecule has 0 fully saturated rings. The second-order valence-electron chi connectivity index (χ2n) is 3.01. The molecule has 0 radical (unpaired) electrons. The van der Waals surface area contributed by atoms with Crippen LogP contribution in [0.2, 0.25) is 5.02 Å². The first-order valence-corrected chi connectivity index (χ1v) is 4.64. The number of carboxylic acid groups (broad SMARTS) is 1. The Balaban J connectivity index is 3.13. The maximum Gasteiger partial charge on any atom is 0.307 e. The van der Waals surface area contributed by atoms with Crippen LogP contribution in [-0.2, 0) is 17.6 Å². The molecule has 0 amide bonds. The molecule has 1 aromatic carbocycles. The van der Waals surface area contributed by atoms with E-state index in [0.717, 1.165) is 12.0 Å². The molecule has 76 valence electrons. The second-order valence-corrected chi connectivity index (χ2v) is 3.42. The lowest BCUT2D eigenvalue weighted by Crippen LogP contribution is -2.01. The predicted molar refractivity (Wildman–Crippen MR) is 53.8 cm³/mol. The number of hydrogen-bond acceptors (Lipinski definition) is 2. The van der Waals surface area contributed by atoms with Crippen LogP contribution in [0.4, 0.5) is 0 Å². The van der Waals surface area contributed by atoms with Gasteiger partial charge in [0.1, 0.15) is 5.75 Å². The van der Waals surface area contributed by atoms with Gasteiger partial charge in [-0.1, -0.05) is 24.6 Å². The Morgan fingerprint density at radius 1 is 1.50 bits per heavy atom. The topological polar surface area (TPSA) is 57.5 Å². The first kappa shape index (κ1) is 10.9. The molecular formula is C10H11ClO3.